The standard InChI is InChI=1S/C27H26F7N3O6S/c28-22-11-16(14-36-9-7-18(8-10-36)42-23-6-3-17(13-35-23)26(29,30)31)20(15-1-2-15)12-21(22)24(38)37(43-25(39)27(32,33)34)44(40,41)19-4-5-19/h3,6,11-13,15,18-19H,1-2,4-5,7-10,14H2. The van der Waals surface area contributed by atoms with E-state index in [0.29, 0.717) is 56.1 Å². The maximum absolute atomic E-state index is 15.3. The number of carbonyl (C=O) groups excluding carboxylic acids is 2. The third-order valence-electron chi connectivity index (χ3n) is 7.50. The molecule has 2 aromatic rings. The van der Waals surface area contributed by atoms with Crippen molar-refractivity contribution in [2.45, 2.75) is 74.7 Å². The molecule has 0 bridgehead atoms. The maximum Gasteiger partial charge on any atom is 0.493 e. The summed E-state index contributed by atoms with van der Waals surface area (Å²) in [5, 5.41) is -1.24. The highest BCUT2D eigenvalue weighted by Crippen LogP contribution is 2.43. The molecule has 9 nitrogen and oxygen atoms in total. The van der Waals surface area contributed by atoms with Crippen LogP contribution < -0.4 is 4.74 Å². The molecule has 44 heavy (non-hydrogen) atoms. The highest BCUT2D eigenvalue weighted by Gasteiger charge is 2.50. The van der Waals surface area contributed by atoms with Gasteiger partial charge in [0.1, 0.15) is 11.9 Å². The van der Waals surface area contributed by atoms with E-state index in [1.807, 2.05) is 4.90 Å². The number of aromatic nitrogens is 1. The van der Waals surface area contributed by atoms with Gasteiger partial charge in [-0.3, -0.25) is 9.69 Å². The van der Waals surface area contributed by atoms with Crippen molar-refractivity contribution < 1.29 is 58.3 Å². The monoisotopic (exact) mass is 653 g/mol. The number of sulfonamides is 1. The van der Waals surface area contributed by atoms with Crippen LogP contribution in [-0.4, -0.2) is 65.3 Å². The summed E-state index contributed by atoms with van der Waals surface area (Å²) in [4.78, 5) is 34.3. The number of pyridine rings is 1. The van der Waals surface area contributed by atoms with E-state index >= 15 is 4.39 Å². The number of benzene rings is 1. The van der Waals surface area contributed by atoms with Crippen molar-refractivity contribution in [1.29, 1.82) is 0 Å². The minimum absolute atomic E-state index is 0.0347. The van der Waals surface area contributed by atoms with E-state index in [-0.39, 0.29) is 37.3 Å². The summed E-state index contributed by atoms with van der Waals surface area (Å²) in [7, 11) is -4.83. The number of hydroxylamine groups is 1. The molecule has 3 aliphatic rings. The van der Waals surface area contributed by atoms with Crippen LogP contribution in [0, 0.1) is 5.82 Å². The summed E-state index contributed by atoms with van der Waals surface area (Å²) in [5.74, 6) is -5.91. The van der Waals surface area contributed by atoms with Gasteiger partial charge < -0.3 is 9.57 Å². The van der Waals surface area contributed by atoms with E-state index in [4.69, 9.17) is 4.74 Å². The van der Waals surface area contributed by atoms with Crippen molar-refractivity contribution in [3.8, 4) is 5.88 Å². The molecule has 0 radical (unpaired) electrons. The molecule has 2 heterocycles. The van der Waals surface area contributed by atoms with E-state index < -0.39 is 60.9 Å². The highest BCUT2D eigenvalue weighted by atomic mass is 32.2. The van der Waals surface area contributed by atoms with E-state index in [1.54, 1.807) is 0 Å². The summed E-state index contributed by atoms with van der Waals surface area (Å²) < 4.78 is 123. The number of amides is 1. The van der Waals surface area contributed by atoms with Crippen molar-refractivity contribution >= 4 is 21.9 Å². The van der Waals surface area contributed by atoms with E-state index in [1.165, 1.54) is 0 Å². The van der Waals surface area contributed by atoms with Gasteiger partial charge in [0.15, 0.2) is 0 Å². The number of likely N-dealkylation sites (tertiary alicyclic amines) is 1. The zero-order valence-corrected chi connectivity index (χ0v) is 23.6. The Kier molecular flexibility index (Phi) is 8.56. The van der Waals surface area contributed by atoms with Gasteiger partial charge in [0, 0.05) is 31.9 Å². The summed E-state index contributed by atoms with van der Waals surface area (Å²) in [6.45, 7) is 1.17. The lowest BCUT2D eigenvalue weighted by Crippen LogP contribution is -2.44. The van der Waals surface area contributed by atoms with Gasteiger partial charge in [-0.15, -0.1) is 0 Å². The number of hydrogen-bond acceptors (Lipinski definition) is 8. The van der Waals surface area contributed by atoms with Crippen molar-refractivity contribution in [3.63, 3.8) is 0 Å². The Morgan fingerprint density at radius 3 is 2.16 bits per heavy atom. The normalized spacial score (nSPS) is 18.6. The van der Waals surface area contributed by atoms with Gasteiger partial charge >= 0.3 is 24.2 Å². The second kappa shape index (κ2) is 11.8. The first-order chi connectivity index (χ1) is 20.5. The van der Waals surface area contributed by atoms with Crippen LogP contribution in [0.15, 0.2) is 30.5 Å². The fraction of sp³-hybridized carbons (Fsp3) is 0.519. The molecule has 0 spiro atoms. The van der Waals surface area contributed by atoms with Crippen LogP contribution in [0.2, 0.25) is 0 Å². The summed E-state index contributed by atoms with van der Waals surface area (Å²) in [6, 6.07) is 4.15. The van der Waals surface area contributed by atoms with Crippen molar-refractivity contribution in [1.82, 2.24) is 14.4 Å². The number of piperidine rings is 1. The van der Waals surface area contributed by atoms with Crippen LogP contribution in [-0.2, 0) is 32.4 Å². The molecule has 0 N–H and O–H groups in total. The van der Waals surface area contributed by atoms with Gasteiger partial charge in [-0.05, 0) is 73.8 Å². The second-order valence-corrected chi connectivity index (χ2v) is 13.0. The number of carbonyl (C=O) groups is 2. The quantitative estimate of drug-likeness (QED) is 0.286. The summed E-state index contributed by atoms with van der Waals surface area (Å²) in [6.07, 6.45) is -7.34. The first-order valence-electron chi connectivity index (χ1n) is 13.7. The Morgan fingerprint density at radius 2 is 1.64 bits per heavy atom. The number of hydrogen-bond donors (Lipinski definition) is 0. The predicted octanol–water partition coefficient (Wildman–Crippen LogP) is 5.12. The Balaban J connectivity index is 1.28. The van der Waals surface area contributed by atoms with Crippen molar-refractivity contribution in [3.05, 3.63) is 58.5 Å². The molecular formula is C27H26F7N3O6S. The number of nitrogens with zero attached hydrogens (tertiary/aromatic N) is 3. The van der Waals surface area contributed by atoms with Gasteiger partial charge in [-0.25, -0.2) is 22.6 Å². The van der Waals surface area contributed by atoms with Crippen LogP contribution in [0.3, 0.4) is 0 Å². The van der Waals surface area contributed by atoms with E-state index in [0.717, 1.165) is 24.3 Å². The van der Waals surface area contributed by atoms with E-state index in [2.05, 4.69) is 9.82 Å². The zero-order valence-electron chi connectivity index (χ0n) is 22.8. The van der Waals surface area contributed by atoms with Gasteiger partial charge in [-0.1, -0.05) is 4.47 Å². The van der Waals surface area contributed by atoms with E-state index in [9.17, 15) is 44.3 Å². The number of halogens is 7. The van der Waals surface area contributed by atoms with Crippen molar-refractivity contribution in [2.24, 2.45) is 0 Å². The average molecular weight is 654 g/mol. The predicted molar refractivity (Wildman–Crippen MR) is 137 cm³/mol. The lowest BCUT2D eigenvalue weighted by atomic mass is 9.97. The molecule has 1 aromatic carbocycles. The Morgan fingerprint density at radius 1 is 0.977 bits per heavy atom. The maximum atomic E-state index is 15.3. The smallest absolute Gasteiger partial charge is 0.474 e. The molecule has 1 amide bonds. The first-order valence-corrected chi connectivity index (χ1v) is 15.2. The SMILES string of the molecule is O=C(c1cc(C2CC2)c(CN2CCC(Oc3ccc(C(F)(F)F)cn3)CC2)cc1F)N(OC(=O)C(F)(F)F)S(=O)(=O)C1CC1. The molecular weight excluding hydrogens is 627 g/mol. The topological polar surface area (TPSA) is 106 Å². The Hall–Kier alpha value is -3.47. The fourth-order valence-corrected chi connectivity index (χ4v) is 6.36. The fourth-order valence-electron chi connectivity index (χ4n) is 4.86. The summed E-state index contributed by atoms with van der Waals surface area (Å²) >= 11 is 0. The Labute approximate surface area is 246 Å². The van der Waals surface area contributed by atoms with Crippen molar-refractivity contribution in [2.75, 3.05) is 13.1 Å². The third-order valence-corrected chi connectivity index (χ3v) is 9.51. The van der Waals surface area contributed by atoms with Gasteiger partial charge in [-0.2, -0.15) is 26.3 Å². The molecule has 17 heteroatoms. The third kappa shape index (κ3) is 7.25. The largest absolute Gasteiger partial charge is 0.493 e. The first kappa shape index (κ1) is 31.9. The minimum atomic E-state index is -5.61. The van der Waals surface area contributed by atoms with Crippen LogP contribution in [0.25, 0.3) is 0 Å². The Bertz CT molecular complexity index is 1520. The molecule has 240 valence electrons. The summed E-state index contributed by atoms with van der Waals surface area (Å²) in [5.41, 5.74) is -0.723. The molecule has 0 unspecified atom stereocenters. The molecule has 2 aliphatic carbocycles. The van der Waals surface area contributed by atoms with Crippen LogP contribution in [0.5, 0.6) is 5.88 Å². The minimum Gasteiger partial charge on any atom is -0.474 e. The molecule has 3 fully saturated rings. The van der Waals surface area contributed by atoms with Crippen LogP contribution in [0.4, 0.5) is 30.7 Å². The van der Waals surface area contributed by atoms with Gasteiger partial charge in [0.25, 0.3) is 10.0 Å². The van der Waals surface area contributed by atoms with Gasteiger partial charge in [0.05, 0.1) is 16.4 Å². The molecule has 2 saturated carbocycles. The number of alkyl halides is 6. The average Bonchev–Trinajstić information content (AvgIpc) is 3.85. The second-order valence-electron chi connectivity index (χ2n) is 10.9. The molecule has 1 aromatic heterocycles. The van der Waals surface area contributed by atoms with Crippen LogP contribution >= 0.6 is 0 Å². The lowest BCUT2D eigenvalue weighted by Gasteiger charge is -2.32. The lowest BCUT2D eigenvalue weighted by molar-refractivity contribution is -0.217. The highest BCUT2D eigenvalue weighted by molar-refractivity contribution is 7.90. The number of rotatable bonds is 8. The number of ether oxygens (including phenoxy) is 1. The molecule has 0 atom stereocenters. The molecule has 5 rings (SSSR count). The van der Waals surface area contributed by atoms with Gasteiger partial charge in [0.2, 0.25) is 5.88 Å². The molecule has 1 saturated heterocycles. The molecule has 1 aliphatic heterocycles. The zero-order chi connectivity index (χ0) is 32.0. The van der Waals surface area contributed by atoms with Crippen LogP contribution in [0.1, 0.15) is 71.5 Å².